The Morgan fingerprint density at radius 1 is 1.13 bits per heavy atom. The summed E-state index contributed by atoms with van der Waals surface area (Å²) in [5.74, 6) is -0.477. The minimum atomic E-state index is -1.17. The Hall–Kier alpha value is -0.910. The summed E-state index contributed by atoms with van der Waals surface area (Å²) >= 11 is 0. The second-order valence-corrected chi connectivity index (χ2v) is 6.50. The highest BCUT2D eigenvalue weighted by molar-refractivity contribution is 5.82. The molecule has 134 valence electrons. The number of cyclic esters (lactones) is 1. The van der Waals surface area contributed by atoms with Gasteiger partial charge in [-0.15, -0.1) is 0 Å². The number of unbranched alkanes of at least 4 members (excludes halogenated alkanes) is 2. The van der Waals surface area contributed by atoms with Crippen molar-refractivity contribution in [3.63, 3.8) is 0 Å². The fraction of sp³-hybridized carbons (Fsp3) is 0.833. The van der Waals surface area contributed by atoms with E-state index in [1.54, 1.807) is 0 Å². The molecular formula is C18H32O5. The molecule has 0 fully saturated rings. The van der Waals surface area contributed by atoms with Gasteiger partial charge < -0.3 is 20.1 Å². The van der Waals surface area contributed by atoms with Crippen LogP contribution < -0.4 is 0 Å². The van der Waals surface area contributed by atoms with E-state index in [2.05, 4.69) is 6.92 Å². The number of esters is 1. The first-order valence-corrected chi connectivity index (χ1v) is 8.96. The minimum absolute atomic E-state index is 0.0892. The Morgan fingerprint density at radius 2 is 1.87 bits per heavy atom. The Balaban J connectivity index is 2.63. The Kier molecular flexibility index (Phi) is 10.2. The van der Waals surface area contributed by atoms with Crippen molar-refractivity contribution < 1.29 is 24.9 Å². The van der Waals surface area contributed by atoms with Gasteiger partial charge in [0, 0.05) is 12.5 Å². The summed E-state index contributed by atoms with van der Waals surface area (Å²) < 4.78 is 5.48. The number of hydrogen-bond acceptors (Lipinski definition) is 5. The fourth-order valence-electron chi connectivity index (χ4n) is 2.86. The van der Waals surface area contributed by atoms with E-state index in [0.717, 1.165) is 51.4 Å². The molecule has 1 rings (SSSR count). The SMILES string of the molecule is CCCCC[C@H]1CCCCC[C@H](O)C[C@H](O)[C@H](O)/C=C/C(=O)O1. The molecule has 1 heterocycles. The standard InChI is InChI=1S/C18H32O5/c1-2-3-5-9-15-10-7-4-6-8-14(19)13-17(21)16(20)11-12-18(22)23-15/h11-12,14-17,19-21H,2-10,13H2,1H3/b12-11+/t14-,15-,16+,17-/m0/s1. The van der Waals surface area contributed by atoms with Crippen LogP contribution in [0.3, 0.4) is 0 Å². The van der Waals surface area contributed by atoms with E-state index < -0.39 is 24.3 Å². The van der Waals surface area contributed by atoms with Crippen molar-refractivity contribution in [2.75, 3.05) is 0 Å². The van der Waals surface area contributed by atoms with Gasteiger partial charge in [0.2, 0.25) is 0 Å². The maximum Gasteiger partial charge on any atom is 0.330 e. The van der Waals surface area contributed by atoms with Gasteiger partial charge in [0.05, 0.1) is 18.3 Å². The van der Waals surface area contributed by atoms with Gasteiger partial charge >= 0.3 is 5.97 Å². The van der Waals surface area contributed by atoms with Crippen LogP contribution in [0.1, 0.15) is 71.1 Å². The van der Waals surface area contributed by atoms with Crippen LogP contribution in [0.5, 0.6) is 0 Å². The Labute approximate surface area is 139 Å². The third-order valence-corrected chi connectivity index (χ3v) is 4.31. The number of rotatable bonds is 4. The van der Waals surface area contributed by atoms with Crippen molar-refractivity contribution in [2.45, 2.75) is 95.5 Å². The van der Waals surface area contributed by atoms with Crippen molar-refractivity contribution >= 4 is 5.97 Å². The predicted octanol–water partition coefficient (Wildman–Crippen LogP) is 2.47. The highest BCUT2D eigenvalue weighted by Gasteiger charge is 2.19. The lowest BCUT2D eigenvalue weighted by atomic mass is 9.99. The molecule has 0 bridgehead atoms. The number of aliphatic hydroxyl groups excluding tert-OH is 3. The van der Waals surface area contributed by atoms with Crippen LogP contribution in [-0.4, -0.2) is 45.7 Å². The zero-order chi connectivity index (χ0) is 17.1. The first-order chi connectivity index (χ1) is 11.0. The van der Waals surface area contributed by atoms with E-state index in [1.165, 1.54) is 12.2 Å². The maximum absolute atomic E-state index is 11.9. The summed E-state index contributed by atoms with van der Waals surface area (Å²) in [5.41, 5.74) is 0. The van der Waals surface area contributed by atoms with Crippen LogP contribution in [0.2, 0.25) is 0 Å². The molecule has 0 aliphatic carbocycles. The molecule has 5 nitrogen and oxygen atoms in total. The highest BCUT2D eigenvalue weighted by Crippen LogP contribution is 2.18. The molecule has 0 radical (unpaired) electrons. The van der Waals surface area contributed by atoms with Gasteiger partial charge in [-0.1, -0.05) is 32.6 Å². The molecule has 0 saturated carbocycles. The van der Waals surface area contributed by atoms with E-state index in [4.69, 9.17) is 4.74 Å². The summed E-state index contributed by atoms with van der Waals surface area (Å²) in [5, 5.41) is 29.5. The van der Waals surface area contributed by atoms with Crippen molar-refractivity contribution in [3.05, 3.63) is 12.2 Å². The van der Waals surface area contributed by atoms with Gasteiger partial charge in [-0.3, -0.25) is 0 Å². The van der Waals surface area contributed by atoms with Crippen LogP contribution in [0.15, 0.2) is 12.2 Å². The quantitative estimate of drug-likeness (QED) is 0.545. The van der Waals surface area contributed by atoms with Gasteiger partial charge in [-0.05, 0) is 38.2 Å². The second kappa shape index (κ2) is 11.6. The van der Waals surface area contributed by atoms with Gasteiger partial charge in [-0.2, -0.15) is 0 Å². The Bertz CT molecular complexity index is 355. The lowest BCUT2D eigenvalue weighted by molar-refractivity contribution is -0.143. The lowest BCUT2D eigenvalue weighted by Crippen LogP contribution is -2.29. The summed E-state index contributed by atoms with van der Waals surface area (Å²) in [4.78, 5) is 11.9. The van der Waals surface area contributed by atoms with E-state index in [0.29, 0.717) is 6.42 Å². The third kappa shape index (κ3) is 9.08. The molecule has 4 atom stereocenters. The molecule has 1 aliphatic rings. The van der Waals surface area contributed by atoms with Gasteiger partial charge in [0.15, 0.2) is 0 Å². The smallest absolute Gasteiger partial charge is 0.330 e. The first kappa shape index (κ1) is 20.1. The average Bonchev–Trinajstić information content (AvgIpc) is 2.51. The molecule has 0 spiro atoms. The minimum Gasteiger partial charge on any atom is -0.459 e. The zero-order valence-electron chi connectivity index (χ0n) is 14.2. The lowest BCUT2D eigenvalue weighted by Gasteiger charge is -2.20. The van der Waals surface area contributed by atoms with Gasteiger partial charge in [0.25, 0.3) is 0 Å². The molecule has 23 heavy (non-hydrogen) atoms. The molecule has 0 unspecified atom stereocenters. The van der Waals surface area contributed by atoms with Crippen molar-refractivity contribution in [1.29, 1.82) is 0 Å². The van der Waals surface area contributed by atoms with Gasteiger partial charge in [0.1, 0.15) is 6.10 Å². The topological polar surface area (TPSA) is 87.0 Å². The largest absolute Gasteiger partial charge is 0.459 e. The first-order valence-electron chi connectivity index (χ1n) is 8.96. The molecule has 0 aromatic heterocycles. The van der Waals surface area contributed by atoms with E-state index >= 15 is 0 Å². The van der Waals surface area contributed by atoms with Gasteiger partial charge in [-0.25, -0.2) is 4.79 Å². The van der Waals surface area contributed by atoms with E-state index in [1.807, 2.05) is 0 Å². The molecule has 3 N–H and O–H groups in total. The summed E-state index contributed by atoms with van der Waals surface area (Å²) in [7, 11) is 0. The number of aliphatic hydroxyl groups is 3. The van der Waals surface area contributed by atoms with Crippen LogP contribution in [0.25, 0.3) is 0 Å². The summed E-state index contributed by atoms with van der Waals surface area (Å²) in [6, 6.07) is 0. The van der Waals surface area contributed by atoms with Crippen molar-refractivity contribution in [2.24, 2.45) is 0 Å². The molecule has 0 amide bonds. The van der Waals surface area contributed by atoms with E-state index in [-0.39, 0.29) is 12.5 Å². The van der Waals surface area contributed by atoms with Crippen LogP contribution >= 0.6 is 0 Å². The number of ether oxygens (including phenoxy) is 1. The van der Waals surface area contributed by atoms with Crippen LogP contribution in [0, 0.1) is 0 Å². The number of hydrogen-bond donors (Lipinski definition) is 3. The van der Waals surface area contributed by atoms with Crippen molar-refractivity contribution in [1.82, 2.24) is 0 Å². The molecule has 5 heteroatoms. The second-order valence-electron chi connectivity index (χ2n) is 6.50. The number of carbonyl (C=O) groups excluding carboxylic acids is 1. The Morgan fingerprint density at radius 3 is 2.61 bits per heavy atom. The molecule has 0 aromatic carbocycles. The molecule has 0 aromatic rings. The zero-order valence-corrected chi connectivity index (χ0v) is 14.2. The summed E-state index contributed by atoms with van der Waals surface area (Å²) in [6.07, 6.45) is 8.00. The van der Waals surface area contributed by atoms with E-state index in [9.17, 15) is 20.1 Å². The molecular weight excluding hydrogens is 296 g/mol. The number of carbonyl (C=O) groups is 1. The third-order valence-electron chi connectivity index (χ3n) is 4.31. The van der Waals surface area contributed by atoms with Crippen LogP contribution in [-0.2, 0) is 9.53 Å². The normalized spacial score (nSPS) is 32.8. The van der Waals surface area contributed by atoms with Crippen LogP contribution in [0.4, 0.5) is 0 Å². The fourth-order valence-corrected chi connectivity index (χ4v) is 2.86. The monoisotopic (exact) mass is 328 g/mol. The predicted molar refractivity (Wildman–Crippen MR) is 88.9 cm³/mol. The maximum atomic E-state index is 11.9. The summed E-state index contributed by atoms with van der Waals surface area (Å²) in [6.45, 7) is 2.14. The average molecular weight is 328 g/mol. The molecule has 0 saturated heterocycles. The molecule has 1 aliphatic heterocycles. The highest BCUT2D eigenvalue weighted by atomic mass is 16.5. The van der Waals surface area contributed by atoms with Crippen molar-refractivity contribution in [3.8, 4) is 0 Å².